The number of carbonyl (C=O) groups excluding carboxylic acids is 2. The molecule has 0 saturated carbocycles. The Morgan fingerprint density at radius 2 is 1.79 bits per heavy atom. The molecule has 3 amide bonds. The molecule has 0 atom stereocenters. The third-order valence-corrected chi connectivity index (χ3v) is 5.65. The van der Waals surface area contributed by atoms with E-state index in [-0.39, 0.29) is 23.7 Å². The van der Waals surface area contributed by atoms with Gasteiger partial charge in [0.25, 0.3) is 5.91 Å². The first kappa shape index (κ1) is 21.5. The van der Waals surface area contributed by atoms with Gasteiger partial charge < -0.3 is 19.9 Å². The van der Waals surface area contributed by atoms with Crippen molar-refractivity contribution in [3.63, 3.8) is 0 Å². The highest BCUT2D eigenvalue weighted by atomic mass is 19.1. The van der Waals surface area contributed by atoms with E-state index >= 15 is 0 Å². The van der Waals surface area contributed by atoms with Crippen molar-refractivity contribution in [3.8, 4) is 0 Å². The second kappa shape index (κ2) is 10.0. The van der Waals surface area contributed by atoms with E-state index in [1.165, 1.54) is 0 Å². The van der Waals surface area contributed by atoms with Gasteiger partial charge in [-0.1, -0.05) is 6.92 Å². The Labute approximate surface area is 170 Å². The van der Waals surface area contributed by atoms with Gasteiger partial charge in [0.05, 0.1) is 5.56 Å². The fourth-order valence-corrected chi connectivity index (χ4v) is 4.10. The fourth-order valence-electron chi connectivity index (χ4n) is 4.10. The second-order valence-corrected chi connectivity index (χ2v) is 7.63. The summed E-state index contributed by atoms with van der Waals surface area (Å²) >= 11 is 0. The summed E-state index contributed by atoms with van der Waals surface area (Å²) in [5, 5.41) is 2.97. The van der Waals surface area contributed by atoms with Crippen molar-refractivity contribution < 1.29 is 23.1 Å². The van der Waals surface area contributed by atoms with Crippen LogP contribution < -0.4 is 5.32 Å². The summed E-state index contributed by atoms with van der Waals surface area (Å²) in [4.78, 5) is 28.9. The molecule has 0 bridgehead atoms. The summed E-state index contributed by atoms with van der Waals surface area (Å²) in [5.41, 5.74) is -0.245. The number of urea groups is 1. The van der Waals surface area contributed by atoms with Crippen LogP contribution in [0.4, 0.5) is 13.6 Å². The number of nitrogens with zero attached hydrogens (tertiary/aromatic N) is 2. The first-order valence-electron chi connectivity index (χ1n) is 10.4. The maximum atomic E-state index is 14.0. The van der Waals surface area contributed by atoms with Crippen molar-refractivity contribution in [2.24, 2.45) is 0 Å². The standard InChI is InChI=1S/C21H29F2N3O3/c1-2-9-24-21(28)26(17-7-12-29-13-8-17)16-5-10-25(11-6-16)20(27)18-14-15(22)3-4-19(18)23/h3-4,14,16-17H,2,5-13H2,1H3,(H,24,28). The minimum Gasteiger partial charge on any atom is -0.381 e. The van der Waals surface area contributed by atoms with Crippen molar-refractivity contribution >= 4 is 11.9 Å². The highest BCUT2D eigenvalue weighted by Gasteiger charge is 2.35. The van der Waals surface area contributed by atoms with Gasteiger partial charge in [0, 0.05) is 44.9 Å². The van der Waals surface area contributed by atoms with Gasteiger partial charge >= 0.3 is 6.03 Å². The summed E-state index contributed by atoms with van der Waals surface area (Å²) in [6, 6.07) is 2.97. The lowest BCUT2D eigenvalue weighted by Crippen LogP contribution is -2.56. The summed E-state index contributed by atoms with van der Waals surface area (Å²) in [6.07, 6.45) is 3.68. The lowest BCUT2D eigenvalue weighted by atomic mass is 9.97. The first-order chi connectivity index (χ1) is 14.0. The lowest BCUT2D eigenvalue weighted by molar-refractivity contribution is 0.0209. The normalized spacial score (nSPS) is 18.5. The Morgan fingerprint density at radius 3 is 2.45 bits per heavy atom. The Kier molecular flexibility index (Phi) is 7.41. The maximum Gasteiger partial charge on any atom is 0.317 e. The third kappa shape index (κ3) is 5.23. The average Bonchev–Trinajstić information content (AvgIpc) is 2.75. The molecule has 2 saturated heterocycles. The molecule has 6 nitrogen and oxygen atoms in total. The number of hydrogen-bond acceptors (Lipinski definition) is 3. The van der Waals surface area contributed by atoms with Gasteiger partial charge in [-0.2, -0.15) is 0 Å². The topological polar surface area (TPSA) is 61.9 Å². The van der Waals surface area contributed by atoms with Crippen LogP contribution in [0.25, 0.3) is 0 Å². The minimum absolute atomic E-state index is 0.0105. The van der Waals surface area contributed by atoms with E-state index in [0.29, 0.717) is 45.7 Å². The van der Waals surface area contributed by atoms with Crippen LogP contribution in [0.1, 0.15) is 49.4 Å². The molecule has 0 spiro atoms. The zero-order valence-corrected chi connectivity index (χ0v) is 16.8. The van der Waals surface area contributed by atoms with E-state index < -0.39 is 17.5 Å². The van der Waals surface area contributed by atoms with Crippen LogP contribution in [0.3, 0.4) is 0 Å². The molecule has 0 radical (unpaired) electrons. The number of piperidine rings is 1. The largest absolute Gasteiger partial charge is 0.381 e. The predicted molar refractivity (Wildman–Crippen MR) is 105 cm³/mol. The van der Waals surface area contributed by atoms with Crippen molar-refractivity contribution in [1.29, 1.82) is 0 Å². The van der Waals surface area contributed by atoms with Gasteiger partial charge in [0.15, 0.2) is 0 Å². The number of ether oxygens (including phenoxy) is 1. The van der Waals surface area contributed by atoms with Crippen molar-refractivity contribution in [1.82, 2.24) is 15.1 Å². The summed E-state index contributed by atoms with van der Waals surface area (Å²) in [6.45, 7) is 4.71. The Morgan fingerprint density at radius 1 is 1.14 bits per heavy atom. The third-order valence-electron chi connectivity index (χ3n) is 5.65. The van der Waals surface area contributed by atoms with Crippen molar-refractivity contribution in [2.75, 3.05) is 32.8 Å². The molecule has 160 valence electrons. The molecule has 2 heterocycles. The number of rotatable bonds is 5. The molecule has 0 aliphatic carbocycles. The molecule has 2 aliphatic heterocycles. The number of halogens is 2. The molecule has 1 N–H and O–H groups in total. The average molecular weight is 409 g/mol. The van der Waals surface area contributed by atoms with Crippen LogP contribution in [-0.4, -0.2) is 66.7 Å². The molecule has 1 aromatic carbocycles. The zero-order valence-electron chi connectivity index (χ0n) is 16.8. The number of likely N-dealkylation sites (tertiary alicyclic amines) is 1. The van der Waals surface area contributed by atoms with Gasteiger partial charge in [-0.05, 0) is 50.3 Å². The summed E-state index contributed by atoms with van der Waals surface area (Å²) in [7, 11) is 0. The summed E-state index contributed by atoms with van der Waals surface area (Å²) in [5.74, 6) is -1.86. The Hall–Kier alpha value is -2.22. The SMILES string of the molecule is CCCNC(=O)N(C1CCOCC1)C1CCN(C(=O)c2cc(F)ccc2F)CC1. The van der Waals surface area contributed by atoms with E-state index in [2.05, 4.69) is 5.32 Å². The van der Waals surface area contributed by atoms with Crippen LogP contribution in [0, 0.1) is 11.6 Å². The Balaban J connectivity index is 1.66. The number of nitrogens with one attached hydrogen (secondary N) is 1. The van der Waals surface area contributed by atoms with Crippen LogP contribution in [0.5, 0.6) is 0 Å². The molecule has 8 heteroatoms. The smallest absolute Gasteiger partial charge is 0.317 e. The molecular weight excluding hydrogens is 380 g/mol. The number of amides is 3. The molecule has 0 aromatic heterocycles. The van der Waals surface area contributed by atoms with Gasteiger partial charge in [-0.25, -0.2) is 13.6 Å². The number of benzene rings is 1. The predicted octanol–water partition coefficient (Wildman–Crippen LogP) is 3.17. The van der Waals surface area contributed by atoms with E-state index in [0.717, 1.165) is 37.5 Å². The minimum atomic E-state index is -0.721. The van der Waals surface area contributed by atoms with Crippen LogP contribution in [-0.2, 0) is 4.74 Å². The second-order valence-electron chi connectivity index (χ2n) is 7.63. The van der Waals surface area contributed by atoms with E-state index in [1.807, 2.05) is 11.8 Å². The molecular formula is C21H29F2N3O3. The Bertz CT molecular complexity index is 717. The maximum absolute atomic E-state index is 14.0. The van der Waals surface area contributed by atoms with Gasteiger partial charge in [0.1, 0.15) is 11.6 Å². The zero-order chi connectivity index (χ0) is 20.8. The summed E-state index contributed by atoms with van der Waals surface area (Å²) < 4.78 is 32.8. The number of carbonyl (C=O) groups is 2. The lowest BCUT2D eigenvalue weighted by Gasteiger charge is -2.43. The molecule has 2 aliphatic rings. The highest BCUT2D eigenvalue weighted by Crippen LogP contribution is 2.25. The van der Waals surface area contributed by atoms with Gasteiger partial charge in [0.2, 0.25) is 0 Å². The van der Waals surface area contributed by atoms with Crippen molar-refractivity contribution in [3.05, 3.63) is 35.4 Å². The van der Waals surface area contributed by atoms with Crippen LogP contribution in [0.15, 0.2) is 18.2 Å². The molecule has 2 fully saturated rings. The van der Waals surface area contributed by atoms with Crippen LogP contribution in [0.2, 0.25) is 0 Å². The quantitative estimate of drug-likeness (QED) is 0.813. The fraction of sp³-hybridized carbons (Fsp3) is 0.619. The van der Waals surface area contributed by atoms with Crippen LogP contribution >= 0.6 is 0 Å². The monoisotopic (exact) mass is 409 g/mol. The van der Waals surface area contributed by atoms with E-state index in [4.69, 9.17) is 4.74 Å². The molecule has 29 heavy (non-hydrogen) atoms. The van der Waals surface area contributed by atoms with E-state index in [1.54, 1.807) is 4.90 Å². The highest BCUT2D eigenvalue weighted by molar-refractivity contribution is 5.94. The molecule has 3 rings (SSSR count). The van der Waals surface area contributed by atoms with E-state index in [9.17, 15) is 18.4 Å². The van der Waals surface area contributed by atoms with Gasteiger partial charge in [-0.3, -0.25) is 4.79 Å². The first-order valence-corrected chi connectivity index (χ1v) is 10.4. The molecule has 0 unspecified atom stereocenters. The molecule has 1 aromatic rings. The van der Waals surface area contributed by atoms with Crippen molar-refractivity contribution in [2.45, 2.75) is 51.1 Å². The van der Waals surface area contributed by atoms with Gasteiger partial charge in [-0.15, -0.1) is 0 Å². The number of hydrogen-bond donors (Lipinski definition) is 1.